The van der Waals surface area contributed by atoms with Crippen molar-refractivity contribution in [2.24, 2.45) is 0 Å². The third kappa shape index (κ3) is 4.19. The van der Waals surface area contributed by atoms with E-state index in [9.17, 15) is 52.8 Å². The molecule has 0 saturated heterocycles. The molecule has 0 aromatic carbocycles. The van der Waals surface area contributed by atoms with Crippen LogP contribution >= 0.6 is 0 Å². The van der Waals surface area contributed by atoms with Crippen molar-refractivity contribution in [3.8, 4) is 0 Å². The number of quaternary nitrogens is 1. The van der Waals surface area contributed by atoms with Gasteiger partial charge in [-0.1, -0.05) is 0 Å². The van der Waals surface area contributed by atoms with E-state index in [1.807, 2.05) is 0 Å². The molecule has 23 heavy (non-hydrogen) atoms. The normalized spacial score (nSPS) is 14.5. The van der Waals surface area contributed by atoms with Gasteiger partial charge in [-0.25, -0.2) is 0 Å². The first-order valence-corrected chi connectivity index (χ1v) is 7.03. The Kier molecular flexibility index (Phi) is 5.31. The standard InChI is InChI=1S/C4HF6NO10S2/c5-3(6,7)22(16,17)20-11(1(12)13,2(14)15)21-23(18,19)4(8,9)10/h(H-,12,13,14,15)/p+1. The molecule has 0 unspecified atom stereocenters. The zero-order valence-corrected chi connectivity index (χ0v) is 11.3. The summed E-state index contributed by atoms with van der Waals surface area (Å²) in [5.41, 5.74) is -13.0. The van der Waals surface area contributed by atoms with E-state index in [-0.39, 0.29) is 0 Å². The van der Waals surface area contributed by atoms with Gasteiger partial charge in [-0.05, 0) is 8.57 Å². The molecule has 2 N–H and O–H groups in total. The van der Waals surface area contributed by atoms with E-state index in [0.717, 1.165) is 0 Å². The van der Waals surface area contributed by atoms with E-state index in [4.69, 9.17) is 10.2 Å². The summed E-state index contributed by atoms with van der Waals surface area (Å²) < 4.78 is 119. The number of hydrogen-bond donors (Lipinski definition) is 2. The third-order valence-electron chi connectivity index (χ3n) is 1.48. The summed E-state index contributed by atoms with van der Waals surface area (Å²) >= 11 is 0. The molecule has 0 heterocycles. The fraction of sp³-hybridized carbons (Fsp3) is 0.500. The molecule has 0 atom stereocenters. The first kappa shape index (κ1) is 21.3. The number of nitrogens with zero attached hydrogens (tertiary/aromatic N) is 1. The predicted molar refractivity (Wildman–Crippen MR) is 48.4 cm³/mol. The van der Waals surface area contributed by atoms with Gasteiger partial charge in [0, 0.05) is 0 Å². The van der Waals surface area contributed by atoms with Crippen molar-refractivity contribution in [3.63, 3.8) is 0 Å². The summed E-state index contributed by atoms with van der Waals surface area (Å²) in [7, 11) is -14.4. The maximum absolute atomic E-state index is 12.0. The molecule has 0 aliphatic carbocycles. The molecule has 2 amide bonds. The van der Waals surface area contributed by atoms with Gasteiger partial charge in [0.05, 0.1) is 0 Å². The minimum absolute atomic E-state index is 2.53. The Morgan fingerprint density at radius 3 is 1.09 bits per heavy atom. The van der Waals surface area contributed by atoms with Crippen LogP contribution in [0.5, 0.6) is 0 Å². The van der Waals surface area contributed by atoms with Gasteiger partial charge in [-0.2, -0.15) is 52.8 Å². The average molecular weight is 402 g/mol. The zero-order valence-electron chi connectivity index (χ0n) is 9.69. The SMILES string of the molecule is O=C(O)[N+](OS(=O)(=O)C(F)(F)F)(OS(=O)(=O)C(F)(F)F)C(=O)O. The molecule has 0 bridgehead atoms. The second-order valence-electron chi connectivity index (χ2n) is 3.07. The Balaban J connectivity index is 6.32. The van der Waals surface area contributed by atoms with Gasteiger partial charge in [-0.3, -0.25) is 0 Å². The molecular formula is C4H2F6NO10S2+. The highest BCUT2D eigenvalue weighted by molar-refractivity contribution is 7.88. The average Bonchev–Trinajstić information content (AvgIpc) is 2.23. The lowest BCUT2D eigenvalue weighted by Gasteiger charge is -2.20. The summed E-state index contributed by atoms with van der Waals surface area (Å²) in [5.74, 6) is 0. The van der Waals surface area contributed by atoms with Crippen LogP contribution in [0.1, 0.15) is 0 Å². The van der Waals surface area contributed by atoms with Gasteiger partial charge >= 0.3 is 43.4 Å². The van der Waals surface area contributed by atoms with Crippen LogP contribution in [0.15, 0.2) is 0 Å². The van der Waals surface area contributed by atoms with Gasteiger partial charge < -0.3 is 10.2 Å². The van der Waals surface area contributed by atoms with Crippen molar-refractivity contribution in [3.05, 3.63) is 0 Å². The van der Waals surface area contributed by atoms with E-state index >= 15 is 0 Å². The van der Waals surface area contributed by atoms with Crippen molar-refractivity contribution in [1.82, 2.24) is 0 Å². The first-order chi connectivity index (χ1) is 9.80. The minimum atomic E-state index is -7.21. The van der Waals surface area contributed by atoms with E-state index in [1.165, 1.54) is 0 Å². The predicted octanol–water partition coefficient (Wildman–Crippen LogP) is 0.722. The third-order valence-corrected chi connectivity index (χ3v) is 3.42. The second kappa shape index (κ2) is 5.74. The topological polar surface area (TPSA) is 161 Å². The lowest BCUT2D eigenvalue weighted by atomic mass is 11.0. The highest BCUT2D eigenvalue weighted by Crippen LogP contribution is 2.33. The van der Waals surface area contributed by atoms with Crippen molar-refractivity contribution in [2.45, 2.75) is 11.0 Å². The quantitative estimate of drug-likeness (QED) is 0.297. The van der Waals surface area contributed by atoms with E-state index in [0.29, 0.717) is 0 Å². The second-order valence-corrected chi connectivity index (χ2v) is 6.11. The summed E-state index contributed by atoms with van der Waals surface area (Å²) in [6, 6.07) is 0. The van der Waals surface area contributed by atoms with Crippen molar-refractivity contribution >= 4 is 32.4 Å². The Morgan fingerprint density at radius 1 is 0.739 bits per heavy atom. The molecule has 0 saturated carbocycles. The van der Waals surface area contributed by atoms with Crippen LogP contribution in [0, 0.1) is 0 Å². The number of halogens is 6. The molecule has 0 aliphatic rings. The van der Waals surface area contributed by atoms with E-state index < -0.39 is 48.2 Å². The van der Waals surface area contributed by atoms with Gasteiger partial charge in [0.2, 0.25) is 4.81 Å². The molecule has 0 aromatic rings. The Hall–Kier alpha value is -1.70. The number of alkyl halides is 6. The number of amides is 2. The molecular weight excluding hydrogens is 400 g/mol. The molecule has 0 spiro atoms. The maximum Gasteiger partial charge on any atom is 0.597 e. The summed E-state index contributed by atoms with van der Waals surface area (Å²) in [6.07, 6.45) is -7.00. The molecule has 136 valence electrons. The lowest BCUT2D eigenvalue weighted by molar-refractivity contribution is -1.10. The largest absolute Gasteiger partial charge is 0.597 e. The van der Waals surface area contributed by atoms with Crippen LogP contribution in [-0.2, 0) is 28.8 Å². The van der Waals surface area contributed by atoms with Crippen LogP contribution < -0.4 is 0 Å². The summed E-state index contributed by atoms with van der Waals surface area (Å²) in [4.78, 5) is 16.5. The van der Waals surface area contributed by atoms with E-state index in [2.05, 4.69) is 8.57 Å². The van der Waals surface area contributed by atoms with Crippen molar-refractivity contribution < 1.29 is 76.4 Å². The summed E-state index contributed by atoms with van der Waals surface area (Å²) in [5, 5.41) is 16.7. The van der Waals surface area contributed by atoms with Crippen LogP contribution in [0.25, 0.3) is 0 Å². The van der Waals surface area contributed by atoms with Gasteiger partial charge in [0.25, 0.3) is 0 Å². The molecule has 0 radical (unpaired) electrons. The van der Waals surface area contributed by atoms with Gasteiger partial charge in [0.15, 0.2) is 0 Å². The highest BCUT2D eigenvalue weighted by atomic mass is 32.2. The maximum atomic E-state index is 12.0. The van der Waals surface area contributed by atoms with E-state index in [1.54, 1.807) is 0 Å². The molecule has 0 aromatic heterocycles. The Bertz CT molecular complexity index is 641. The molecule has 19 heteroatoms. The van der Waals surface area contributed by atoms with Gasteiger partial charge in [0.1, 0.15) is 0 Å². The fourth-order valence-electron chi connectivity index (χ4n) is 0.583. The minimum Gasteiger partial charge on any atom is -0.430 e. The van der Waals surface area contributed by atoms with Crippen molar-refractivity contribution in [2.75, 3.05) is 0 Å². The van der Waals surface area contributed by atoms with Crippen LogP contribution in [0.4, 0.5) is 35.9 Å². The number of rotatable bonds is 4. The Labute approximate surface area is 121 Å². The van der Waals surface area contributed by atoms with Crippen LogP contribution in [0.3, 0.4) is 0 Å². The lowest BCUT2D eigenvalue weighted by Crippen LogP contribution is -2.59. The summed E-state index contributed by atoms with van der Waals surface area (Å²) in [6.45, 7) is 0. The Morgan fingerprint density at radius 2 is 0.957 bits per heavy atom. The van der Waals surface area contributed by atoms with Crippen LogP contribution in [0.2, 0.25) is 0 Å². The first-order valence-electron chi connectivity index (χ1n) is 4.21. The smallest absolute Gasteiger partial charge is 0.430 e. The van der Waals surface area contributed by atoms with Gasteiger partial charge in [-0.15, -0.1) is 0 Å². The van der Waals surface area contributed by atoms with Crippen molar-refractivity contribution in [1.29, 1.82) is 0 Å². The number of imide groups is 1. The molecule has 0 fully saturated rings. The number of carbonyl (C=O) groups is 2. The number of hydrogen-bond acceptors (Lipinski definition) is 8. The number of hydroxylamine groups is 4. The monoisotopic (exact) mass is 402 g/mol. The molecule has 0 aliphatic heterocycles. The zero-order chi connectivity index (χ0) is 19.1. The molecule has 0 rings (SSSR count). The molecule has 11 nitrogen and oxygen atoms in total. The highest BCUT2D eigenvalue weighted by Gasteiger charge is 2.69. The van der Waals surface area contributed by atoms with Crippen LogP contribution in [-0.4, -0.2) is 55.1 Å². The number of carboxylic acid groups (broad SMARTS) is 2. The fourth-order valence-corrected chi connectivity index (χ4v) is 1.66.